The number of nitrogens with zero attached hydrogens (tertiary/aromatic N) is 1. The Bertz CT molecular complexity index is 978. The highest BCUT2D eigenvalue weighted by atomic mass is 16.2. The van der Waals surface area contributed by atoms with Crippen LogP contribution in [0.4, 0.5) is 5.69 Å². The normalized spacial score (nSPS) is 11.2. The molecule has 0 aliphatic carbocycles. The van der Waals surface area contributed by atoms with Crippen LogP contribution in [0.15, 0.2) is 60.9 Å². The zero-order valence-corrected chi connectivity index (χ0v) is 11.2. The molecule has 4 nitrogen and oxygen atoms in total. The average molecular weight is 275 g/mol. The first-order chi connectivity index (χ1) is 10.2. The Labute approximate surface area is 120 Å². The van der Waals surface area contributed by atoms with E-state index in [1.54, 1.807) is 10.8 Å². The fourth-order valence-corrected chi connectivity index (χ4v) is 2.72. The molecule has 0 spiro atoms. The summed E-state index contributed by atoms with van der Waals surface area (Å²) in [7, 11) is 0. The molecule has 4 aromatic rings. The molecule has 0 aliphatic heterocycles. The number of hydrogen-bond donors (Lipinski definition) is 2. The van der Waals surface area contributed by atoms with Crippen molar-refractivity contribution in [3.05, 3.63) is 66.5 Å². The standard InChI is InChI=1S/C17H13N3O/c18-14-3-1-2-11-7-9-20(16(11)14)17(21)13-4-5-15-12(10-13)6-8-19-15/h1-10,19H,18H2. The predicted octanol–water partition coefficient (Wildman–Crippen LogP) is 3.39. The lowest BCUT2D eigenvalue weighted by molar-refractivity contribution is 0.0965. The topological polar surface area (TPSA) is 63.8 Å². The van der Waals surface area contributed by atoms with Gasteiger partial charge in [0.25, 0.3) is 5.91 Å². The monoisotopic (exact) mass is 275 g/mol. The maximum Gasteiger partial charge on any atom is 0.262 e. The van der Waals surface area contributed by atoms with Crippen LogP contribution in [-0.4, -0.2) is 15.5 Å². The molecule has 4 rings (SSSR count). The first-order valence-corrected chi connectivity index (χ1v) is 6.71. The highest BCUT2D eigenvalue weighted by Crippen LogP contribution is 2.24. The maximum absolute atomic E-state index is 12.7. The molecule has 4 heteroatoms. The summed E-state index contributed by atoms with van der Waals surface area (Å²) < 4.78 is 1.61. The molecule has 0 unspecified atom stereocenters. The molecular formula is C17H13N3O. The third-order valence-electron chi connectivity index (χ3n) is 3.76. The van der Waals surface area contributed by atoms with Crippen LogP contribution in [0.3, 0.4) is 0 Å². The van der Waals surface area contributed by atoms with Crippen LogP contribution in [0.5, 0.6) is 0 Å². The van der Waals surface area contributed by atoms with Gasteiger partial charge in [0.05, 0.1) is 11.2 Å². The summed E-state index contributed by atoms with van der Waals surface area (Å²) in [4.78, 5) is 15.9. The Hall–Kier alpha value is -3.01. The summed E-state index contributed by atoms with van der Waals surface area (Å²) in [6.45, 7) is 0. The van der Waals surface area contributed by atoms with E-state index >= 15 is 0 Å². The second kappa shape index (κ2) is 4.24. The van der Waals surface area contributed by atoms with E-state index in [4.69, 9.17) is 5.73 Å². The second-order valence-electron chi connectivity index (χ2n) is 5.06. The lowest BCUT2D eigenvalue weighted by Gasteiger charge is -2.06. The number of benzene rings is 2. The van der Waals surface area contributed by atoms with Gasteiger partial charge >= 0.3 is 0 Å². The molecule has 2 aromatic heterocycles. The molecule has 0 aliphatic rings. The van der Waals surface area contributed by atoms with Crippen molar-refractivity contribution in [1.29, 1.82) is 0 Å². The van der Waals surface area contributed by atoms with Crippen molar-refractivity contribution in [2.75, 3.05) is 5.73 Å². The zero-order chi connectivity index (χ0) is 14.4. The van der Waals surface area contributed by atoms with E-state index in [-0.39, 0.29) is 5.91 Å². The van der Waals surface area contributed by atoms with E-state index in [0.717, 1.165) is 21.8 Å². The number of aromatic amines is 1. The van der Waals surface area contributed by atoms with Gasteiger partial charge in [-0.2, -0.15) is 0 Å². The average Bonchev–Trinajstić information content (AvgIpc) is 3.13. The minimum absolute atomic E-state index is 0.0778. The largest absolute Gasteiger partial charge is 0.397 e. The van der Waals surface area contributed by atoms with Crippen molar-refractivity contribution < 1.29 is 4.79 Å². The molecule has 2 aromatic carbocycles. The van der Waals surface area contributed by atoms with Crippen molar-refractivity contribution in [2.24, 2.45) is 0 Å². The number of aromatic nitrogens is 2. The van der Waals surface area contributed by atoms with Gasteiger partial charge in [-0.15, -0.1) is 0 Å². The Kier molecular flexibility index (Phi) is 2.38. The number of nitrogens with two attached hydrogens (primary N) is 1. The van der Waals surface area contributed by atoms with Crippen LogP contribution < -0.4 is 5.73 Å². The predicted molar refractivity (Wildman–Crippen MR) is 84.4 cm³/mol. The van der Waals surface area contributed by atoms with Gasteiger partial charge in [-0.25, -0.2) is 0 Å². The van der Waals surface area contributed by atoms with Crippen molar-refractivity contribution in [3.63, 3.8) is 0 Å². The number of H-pyrrole nitrogens is 1. The van der Waals surface area contributed by atoms with E-state index in [1.165, 1.54) is 0 Å². The van der Waals surface area contributed by atoms with Gasteiger partial charge < -0.3 is 10.7 Å². The number of nitrogens with one attached hydrogen (secondary N) is 1. The van der Waals surface area contributed by atoms with E-state index < -0.39 is 0 Å². The van der Waals surface area contributed by atoms with Crippen molar-refractivity contribution in [3.8, 4) is 0 Å². The van der Waals surface area contributed by atoms with E-state index in [0.29, 0.717) is 11.3 Å². The molecule has 0 atom stereocenters. The lowest BCUT2D eigenvalue weighted by Crippen LogP contribution is -2.11. The number of nitrogen functional groups attached to an aromatic ring is 1. The molecule has 0 fully saturated rings. The molecule has 0 saturated carbocycles. The minimum atomic E-state index is -0.0778. The Balaban J connectivity index is 1.89. The van der Waals surface area contributed by atoms with E-state index in [9.17, 15) is 4.79 Å². The van der Waals surface area contributed by atoms with Gasteiger partial charge in [0.15, 0.2) is 0 Å². The van der Waals surface area contributed by atoms with Gasteiger partial charge in [-0.05, 0) is 36.4 Å². The summed E-state index contributed by atoms with van der Waals surface area (Å²) in [5.41, 5.74) is 9.04. The lowest BCUT2D eigenvalue weighted by atomic mass is 10.1. The fraction of sp³-hybridized carbons (Fsp3) is 0. The van der Waals surface area contributed by atoms with E-state index in [2.05, 4.69) is 4.98 Å². The molecular weight excluding hydrogens is 262 g/mol. The maximum atomic E-state index is 12.7. The smallest absolute Gasteiger partial charge is 0.262 e. The molecule has 0 saturated heterocycles. The van der Waals surface area contributed by atoms with Crippen LogP contribution in [-0.2, 0) is 0 Å². The van der Waals surface area contributed by atoms with Gasteiger partial charge in [0, 0.05) is 34.2 Å². The number of anilines is 1. The Morgan fingerprint density at radius 1 is 1.05 bits per heavy atom. The summed E-state index contributed by atoms with van der Waals surface area (Å²) in [6.07, 6.45) is 3.63. The number of hydrogen-bond acceptors (Lipinski definition) is 2. The third kappa shape index (κ3) is 1.73. The van der Waals surface area contributed by atoms with Gasteiger partial charge in [0.2, 0.25) is 0 Å². The Morgan fingerprint density at radius 2 is 1.95 bits per heavy atom. The zero-order valence-electron chi connectivity index (χ0n) is 11.2. The van der Waals surface area contributed by atoms with Crippen LogP contribution >= 0.6 is 0 Å². The van der Waals surface area contributed by atoms with Crippen LogP contribution in [0.1, 0.15) is 10.4 Å². The van der Waals surface area contributed by atoms with Crippen molar-refractivity contribution in [1.82, 2.24) is 9.55 Å². The summed E-state index contributed by atoms with van der Waals surface area (Å²) in [5, 5.41) is 1.98. The fourth-order valence-electron chi connectivity index (χ4n) is 2.72. The number of rotatable bonds is 1. The molecule has 3 N–H and O–H groups in total. The SMILES string of the molecule is Nc1cccc2ccn(C(=O)c3ccc4[nH]ccc4c3)c12. The number of carbonyl (C=O) groups excluding carboxylic acids is 1. The highest BCUT2D eigenvalue weighted by molar-refractivity contribution is 6.06. The van der Waals surface area contributed by atoms with Gasteiger partial charge in [0.1, 0.15) is 0 Å². The minimum Gasteiger partial charge on any atom is -0.397 e. The molecule has 2 heterocycles. The highest BCUT2D eigenvalue weighted by Gasteiger charge is 2.13. The first kappa shape index (κ1) is 11.8. The Morgan fingerprint density at radius 3 is 2.86 bits per heavy atom. The second-order valence-corrected chi connectivity index (χ2v) is 5.06. The van der Waals surface area contributed by atoms with E-state index in [1.807, 2.05) is 54.7 Å². The third-order valence-corrected chi connectivity index (χ3v) is 3.76. The molecule has 21 heavy (non-hydrogen) atoms. The van der Waals surface area contributed by atoms with Gasteiger partial charge in [-0.3, -0.25) is 9.36 Å². The molecule has 0 bridgehead atoms. The van der Waals surface area contributed by atoms with Crippen LogP contribution in [0, 0.1) is 0 Å². The van der Waals surface area contributed by atoms with Crippen molar-refractivity contribution in [2.45, 2.75) is 0 Å². The molecule has 0 radical (unpaired) electrons. The van der Waals surface area contributed by atoms with Crippen molar-refractivity contribution >= 4 is 33.4 Å². The summed E-state index contributed by atoms with van der Waals surface area (Å²) in [6, 6.07) is 15.1. The number of para-hydroxylation sites is 1. The van der Waals surface area contributed by atoms with Crippen LogP contribution in [0.25, 0.3) is 21.8 Å². The van der Waals surface area contributed by atoms with Crippen LogP contribution in [0.2, 0.25) is 0 Å². The molecule has 0 amide bonds. The quantitative estimate of drug-likeness (QED) is 0.523. The number of fused-ring (bicyclic) bond motifs is 2. The first-order valence-electron chi connectivity index (χ1n) is 6.71. The summed E-state index contributed by atoms with van der Waals surface area (Å²) >= 11 is 0. The molecule has 102 valence electrons. The summed E-state index contributed by atoms with van der Waals surface area (Å²) in [5.74, 6) is -0.0778. The number of carbonyl (C=O) groups is 1. The van der Waals surface area contributed by atoms with Gasteiger partial charge in [-0.1, -0.05) is 12.1 Å².